The molecule has 0 bridgehead atoms. The number of carbonyl (C=O) groups excluding carboxylic acids is 1. The van der Waals surface area contributed by atoms with Gasteiger partial charge in [0.25, 0.3) is 0 Å². The largest absolute Gasteiger partial charge is 0.497 e. The van der Waals surface area contributed by atoms with E-state index in [9.17, 15) is 4.79 Å². The highest BCUT2D eigenvalue weighted by atomic mass is 16.5. The summed E-state index contributed by atoms with van der Waals surface area (Å²) in [5.74, 6) is 1.50. The van der Waals surface area contributed by atoms with Gasteiger partial charge >= 0.3 is 0 Å². The smallest absolute Gasteiger partial charge is 0.219 e. The molecule has 0 radical (unpaired) electrons. The molecule has 0 aliphatic carbocycles. The van der Waals surface area contributed by atoms with E-state index >= 15 is 0 Å². The molecule has 0 aromatic heterocycles. The van der Waals surface area contributed by atoms with Crippen LogP contribution in [-0.2, 0) is 11.3 Å². The van der Waals surface area contributed by atoms with Crippen molar-refractivity contribution in [1.82, 2.24) is 14.7 Å². The van der Waals surface area contributed by atoms with Gasteiger partial charge in [-0.3, -0.25) is 14.6 Å². The molecular formula is C32H39N3O2. The van der Waals surface area contributed by atoms with Crippen LogP contribution in [0.1, 0.15) is 55.0 Å². The van der Waals surface area contributed by atoms with E-state index in [1.807, 2.05) is 11.0 Å². The molecule has 2 fully saturated rings. The fraction of sp³-hybridized carbons (Fsp3) is 0.406. The Balaban J connectivity index is 1.39. The van der Waals surface area contributed by atoms with Crippen LogP contribution in [0.15, 0.2) is 78.9 Å². The van der Waals surface area contributed by atoms with Gasteiger partial charge in [-0.25, -0.2) is 0 Å². The van der Waals surface area contributed by atoms with Crippen LogP contribution >= 0.6 is 0 Å². The molecule has 3 atom stereocenters. The van der Waals surface area contributed by atoms with Crippen molar-refractivity contribution in [3.05, 3.63) is 101 Å². The van der Waals surface area contributed by atoms with Crippen LogP contribution in [0.25, 0.3) is 0 Å². The molecule has 1 unspecified atom stereocenters. The molecule has 0 N–H and O–H groups in total. The summed E-state index contributed by atoms with van der Waals surface area (Å²) in [6, 6.07) is 29.4. The standard InChI is InChI=1S/C32H39N3O2/c1-23-19-35(24(2)18-33(23)20-26-9-6-5-7-10-26)32(29-11-8-12-31(17-29)37-4)28-15-13-27(14-16-28)30-21-34(22-30)25(3)36/h5-17,23-24,30,32H,18-22H2,1-4H3/t23-,24+,32?/m1/s1. The van der Waals surface area contributed by atoms with Gasteiger partial charge in [0.1, 0.15) is 5.75 Å². The van der Waals surface area contributed by atoms with Crippen molar-refractivity contribution in [2.75, 3.05) is 33.3 Å². The summed E-state index contributed by atoms with van der Waals surface area (Å²) >= 11 is 0. The number of methoxy groups -OCH3 is 1. The Morgan fingerprint density at radius 1 is 0.865 bits per heavy atom. The summed E-state index contributed by atoms with van der Waals surface area (Å²) in [5.41, 5.74) is 5.25. The molecule has 5 heteroatoms. The molecule has 3 aromatic carbocycles. The van der Waals surface area contributed by atoms with Crippen molar-refractivity contribution < 1.29 is 9.53 Å². The number of hydrogen-bond donors (Lipinski definition) is 0. The number of benzene rings is 3. The number of likely N-dealkylation sites (tertiary alicyclic amines) is 1. The third kappa shape index (κ3) is 5.58. The van der Waals surface area contributed by atoms with Gasteiger partial charge in [0.05, 0.1) is 13.2 Å². The maximum absolute atomic E-state index is 11.6. The Hall–Kier alpha value is -3.15. The Kier molecular flexibility index (Phi) is 7.63. The molecule has 2 heterocycles. The Morgan fingerprint density at radius 2 is 1.59 bits per heavy atom. The normalized spacial score (nSPS) is 21.9. The third-order valence-electron chi connectivity index (χ3n) is 8.18. The van der Waals surface area contributed by atoms with Gasteiger partial charge in [-0.05, 0) is 48.2 Å². The lowest BCUT2D eigenvalue weighted by Crippen LogP contribution is -2.56. The minimum absolute atomic E-state index is 0.149. The van der Waals surface area contributed by atoms with Crippen molar-refractivity contribution in [2.45, 2.75) is 51.4 Å². The first-order valence-corrected chi connectivity index (χ1v) is 13.5. The molecular weight excluding hydrogens is 458 g/mol. The van der Waals surface area contributed by atoms with Crippen LogP contribution in [-0.4, -0.2) is 66.0 Å². The monoisotopic (exact) mass is 497 g/mol. The predicted octanol–water partition coefficient (Wildman–Crippen LogP) is 5.33. The lowest BCUT2D eigenvalue weighted by atomic mass is 9.88. The molecule has 194 valence electrons. The predicted molar refractivity (Wildman–Crippen MR) is 149 cm³/mol. The Bertz CT molecular complexity index is 1190. The second kappa shape index (κ2) is 11.1. The molecule has 0 spiro atoms. The summed E-state index contributed by atoms with van der Waals surface area (Å²) < 4.78 is 5.60. The minimum atomic E-state index is 0.149. The average molecular weight is 498 g/mol. The molecule has 0 saturated carbocycles. The average Bonchev–Trinajstić information content (AvgIpc) is 2.87. The summed E-state index contributed by atoms with van der Waals surface area (Å²) in [6.07, 6.45) is 0. The number of carbonyl (C=O) groups is 1. The molecule has 2 aliphatic heterocycles. The summed E-state index contributed by atoms with van der Waals surface area (Å²) in [4.78, 5) is 18.8. The Labute approximate surface area is 221 Å². The van der Waals surface area contributed by atoms with Crippen LogP contribution in [0.4, 0.5) is 0 Å². The number of ether oxygens (including phenoxy) is 1. The molecule has 5 rings (SSSR count). The van der Waals surface area contributed by atoms with Crippen LogP contribution in [0, 0.1) is 0 Å². The van der Waals surface area contributed by atoms with Crippen molar-refractivity contribution in [1.29, 1.82) is 0 Å². The van der Waals surface area contributed by atoms with Gasteiger partial charge in [0.15, 0.2) is 0 Å². The molecule has 37 heavy (non-hydrogen) atoms. The first-order valence-electron chi connectivity index (χ1n) is 13.5. The lowest BCUT2D eigenvalue weighted by Gasteiger charge is -2.48. The quantitative estimate of drug-likeness (QED) is 0.442. The molecule has 3 aromatic rings. The van der Waals surface area contributed by atoms with Gasteiger partial charge in [0.2, 0.25) is 5.91 Å². The maximum Gasteiger partial charge on any atom is 0.219 e. The van der Waals surface area contributed by atoms with Crippen LogP contribution < -0.4 is 4.74 Å². The number of piperazine rings is 1. The van der Waals surface area contributed by atoms with Crippen molar-refractivity contribution >= 4 is 5.91 Å². The Morgan fingerprint density at radius 3 is 2.27 bits per heavy atom. The third-order valence-corrected chi connectivity index (χ3v) is 8.18. The van der Waals surface area contributed by atoms with Crippen LogP contribution in [0.2, 0.25) is 0 Å². The first-order chi connectivity index (χ1) is 17.9. The van der Waals surface area contributed by atoms with Gasteiger partial charge < -0.3 is 9.64 Å². The highest BCUT2D eigenvalue weighted by molar-refractivity contribution is 5.74. The fourth-order valence-electron chi connectivity index (χ4n) is 5.91. The zero-order valence-electron chi connectivity index (χ0n) is 22.5. The van der Waals surface area contributed by atoms with Gasteiger partial charge in [-0.2, -0.15) is 0 Å². The summed E-state index contributed by atoms with van der Waals surface area (Å²) in [5, 5.41) is 0. The highest BCUT2D eigenvalue weighted by Crippen LogP contribution is 2.36. The van der Waals surface area contributed by atoms with E-state index in [4.69, 9.17) is 4.74 Å². The lowest BCUT2D eigenvalue weighted by molar-refractivity contribution is -0.133. The van der Waals surface area contributed by atoms with Crippen molar-refractivity contribution in [3.8, 4) is 5.75 Å². The zero-order valence-corrected chi connectivity index (χ0v) is 22.5. The SMILES string of the molecule is COc1cccc(C(c2ccc(C3CN(C(C)=O)C3)cc2)N2C[C@@H](C)N(Cc3ccccc3)C[C@@H]2C)c1. The van der Waals surface area contributed by atoms with E-state index in [2.05, 4.69) is 96.4 Å². The van der Waals surface area contributed by atoms with E-state index < -0.39 is 0 Å². The number of nitrogens with zero attached hydrogens (tertiary/aromatic N) is 3. The summed E-state index contributed by atoms with van der Waals surface area (Å²) in [6.45, 7) is 11.0. The highest BCUT2D eigenvalue weighted by Gasteiger charge is 2.35. The molecule has 2 saturated heterocycles. The maximum atomic E-state index is 11.6. The molecule has 1 amide bonds. The van der Waals surface area contributed by atoms with E-state index in [0.717, 1.165) is 38.5 Å². The van der Waals surface area contributed by atoms with E-state index in [-0.39, 0.29) is 11.9 Å². The second-order valence-corrected chi connectivity index (χ2v) is 10.8. The molecule has 5 nitrogen and oxygen atoms in total. The molecule has 2 aliphatic rings. The zero-order chi connectivity index (χ0) is 25.9. The number of rotatable bonds is 7. The second-order valence-electron chi connectivity index (χ2n) is 10.8. The topological polar surface area (TPSA) is 36.0 Å². The van der Waals surface area contributed by atoms with Gasteiger partial charge in [0, 0.05) is 57.6 Å². The van der Waals surface area contributed by atoms with E-state index in [1.54, 1.807) is 14.0 Å². The minimum Gasteiger partial charge on any atom is -0.497 e. The van der Waals surface area contributed by atoms with E-state index in [0.29, 0.717) is 18.0 Å². The van der Waals surface area contributed by atoms with E-state index in [1.165, 1.54) is 22.3 Å². The van der Waals surface area contributed by atoms with Crippen LogP contribution in [0.3, 0.4) is 0 Å². The fourth-order valence-corrected chi connectivity index (χ4v) is 5.91. The van der Waals surface area contributed by atoms with Gasteiger partial charge in [-0.1, -0.05) is 66.7 Å². The van der Waals surface area contributed by atoms with Gasteiger partial charge in [-0.15, -0.1) is 0 Å². The van der Waals surface area contributed by atoms with Crippen molar-refractivity contribution in [2.24, 2.45) is 0 Å². The van der Waals surface area contributed by atoms with Crippen molar-refractivity contribution in [3.63, 3.8) is 0 Å². The number of amides is 1. The van der Waals surface area contributed by atoms with Crippen LogP contribution in [0.5, 0.6) is 5.75 Å². The first kappa shape index (κ1) is 25.5. The summed E-state index contributed by atoms with van der Waals surface area (Å²) in [7, 11) is 1.74. The number of hydrogen-bond acceptors (Lipinski definition) is 4.